The Hall–Kier alpha value is -2.40. The molecule has 0 amide bonds. The molecule has 0 aliphatic rings. The van der Waals surface area contributed by atoms with Crippen molar-refractivity contribution in [1.29, 1.82) is 0 Å². The maximum absolute atomic E-state index is 13.5. The molecule has 0 N–H and O–H groups in total. The Bertz CT molecular complexity index is 864. The second-order valence-corrected chi connectivity index (χ2v) is 7.65. The van der Waals surface area contributed by atoms with E-state index < -0.39 is 31.4 Å². The minimum Gasteiger partial charge on any atom is -0.256 e. The SMILES string of the molecule is FC(F)(F)c1ccccc1P(c1ccccn1)c1ccccc1C(F)(F)F. The lowest BCUT2D eigenvalue weighted by Gasteiger charge is -2.24. The molecule has 0 aliphatic carbocycles. The number of hydrogen-bond donors (Lipinski definition) is 0. The van der Waals surface area contributed by atoms with Crippen molar-refractivity contribution in [1.82, 2.24) is 4.98 Å². The number of halogens is 6. The van der Waals surface area contributed by atoms with Crippen LogP contribution >= 0.6 is 7.92 Å². The van der Waals surface area contributed by atoms with E-state index in [0.29, 0.717) is 0 Å². The van der Waals surface area contributed by atoms with Gasteiger partial charge in [0.25, 0.3) is 0 Å². The highest BCUT2D eigenvalue weighted by Gasteiger charge is 2.40. The molecule has 1 nitrogen and oxygen atoms in total. The Kier molecular flexibility index (Phi) is 5.24. The number of aromatic nitrogens is 1. The van der Waals surface area contributed by atoms with Crippen LogP contribution < -0.4 is 16.0 Å². The van der Waals surface area contributed by atoms with Crippen LogP contribution in [0, 0.1) is 0 Å². The molecule has 3 rings (SSSR count). The summed E-state index contributed by atoms with van der Waals surface area (Å²) in [5.74, 6) is 0. The molecule has 0 spiro atoms. The summed E-state index contributed by atoms with van der Waals surface area (Å²) in [7, 11) is -2.17. The Morgan fingerprint density at radius 3 is 1.44 bits per heavy atom. The molecule has 0 atom stereocenters. The molecule has 1 heterocycles. The first-order valence-electron chi connectivity index (χ1n) is 7.73. The molecule has 2 aromatic carbocycles. The van der Waals surface area contributed by atoms with Gasteiger partial charge in [0.1, 0.15) is 0 Å². The van der Waals surface area contributed by atoms with Crippen LogP contribution in [0.5, 0.6) is 0 Å². The lowest BCUT2D eigenvalue weighted by molar-refractivity contribution is -0.137. The highest BCUT2D eigenvalue weighted by Crippen LogP contribution is 2.42. The first kappa shape index (κ1) is 19.4. The van der Waals surface area contributed by atoms with Gasteiger partial charge in [0.05, 0.1) is 16.6 Å². The van der Waals surface area contributed by atoms with Gasteiger partial charge in [-0.15, -0.1) is 0 Å². The first-order chi connectivity index (χ1) is 12.7. The number of pyridine rings is 1. The van der Waals surface area contributed by atoms with Gasteiger partial charge < -0.3 is 0 Å². The fourth-order valence-corrected chi connectivity index (χ4v) is 5.20. The third-order valence-electron chi connectivity index (χ3n) is 3.78. The van der Waals surface area contributed by atoms with Crippen molar-refractivity contribution in [2.24, 2.45) is 0 Å². The van der Waals surface area contributed by atoms with Crippen molar-refractivity contribution < 1.29 is 26.3 Å². The Balaban J connectivity index is 2.32. The molecule has 0 saturated carbocycles. The number of alkyl halides is 6. The molecule has 0 fully saturated rings. The first-order valence-corrected chi connectivity index (χ1v) is 9.07. The predicted molar refractivity (Wildman–Crippen MR) is 92.9 cm³/mol. The third-order valence-corrected chi connectivity index (χ3v) is 6.25. The summed E-state index contributed by atoms with van der Waals surface area (Å²) in [6, 6.07) is 14.0. The molecule has 140 valence electrons. The fourth-order valence-electron chi connectivity index (χ4n) is 2.68. The third kappa shape index (κ3) is 4.14. The van der Waals surface area contributed by atoms with Crippen LogP contribution in [0.3, 0.4) is 0 Å². The van der Waals surface area contributed by atoms with Crippen molar-refractivity contribution in [3.05, 3.63) is 84.1 Å². The second kappa shape index (κ2) is 7.31. The van der Waals surface area contributed by atoms with Gasteiger partial charge in [-0.1, -0.05) is 42.5 Å². The number of hydrogen-bond acceptors (Lipinski definition) is 1. The van der Waals surface area contributed by atoms with E-state index in [0.717, 1.165) is 12.1 Å². The molecule has 0 saturated heterocycles. The molecule has 0 radical (unpaired) electrons. The monoisotopic (exact) mass is 399 g/mol. The van der Waals surface area contributed by atoms with E-state index in [1.54, 1.807) is 12.1 Å². The van der Waals surface area contributed by atoms with E-state index in [1.807, 2.05) is 0 Å². The minimum absolute atomic E-state index is 0.167. The fraction of sp³-hybridized carbons (Fsp3) is 0.105. The van der Waals surface area contributed by atoms with Crippen LogP contribution in [0.15, 0.2) is 72.9 Å². The van der Waals surface area contributed by atoms with Crippen molar-refractivity contribution >= 4 is 24.0 Å². The smallest absolute Gasteiger partial charge is 0.256 e. The van der Waals surface area contributed by atoms with Crippen molar-refractivity contribution in [3.8, 4) is 0 Å². The molecular formula is C19H12F6NP. The summed E-state index contributed by atoms with van der Waals surface area (Å²) in [5.41, 5.74) is -1.75. The Morgan fingerprint density at radius 2 is 1.04 bits per heavy atom. The molecule has 27 heavy (non-hydrogen) atoms. The maximum Gasteiger partial charge on any atom is 0.417 e. The molecular weight excluding hydrogens is 387 g/mol. The van der Waals surface area contributed by atoms with Gasteiger partial charge >= 0.3 is 12.4 Å². The highest BCUT2D eigenvalue weighted by molar-refractivity contribution is 7.79. The highest BCUT2D eigenvalue weighted by atomic mass is 31.1. The van der Waals surface area contributed by atoms with Gasteiger partial charge in [-0.05, 0) is 34.9 Å². The van der Waals surface area contributed by atoms with Gasteiger partial charge in [-0.25, -0.2) is 0 Å². The van der Waals surface area contributed by atoms with E-state index in [-0.39, 0.29) is 16.0 Å². The summed E-state index contributed by atoms with van der Waals surface area (Å²) in [6.45, 7) is 0. The van der Waals surface area contributed by atoms with Crippen LogP contribution in [0.4, 0.5) is 26.3 Å². The number of benzene rings is 2. The summed E-state index contributed by atoms with van der Waals surface area (Å²) >= 11 is 0. The summed E-state index contributed by atoms with van der Waals surface area (Å²) < 4.78 is 81.3. The summed E-state index contributed by atoms with van der Waals surface area (Å²) in [6.07, 6.45) is -8.03. The molecule has 3 aromatic rings. The minimum atomic E-state index is -4.70. The predicted octanol–water partition coefficient (Wildman–Crippen LogP) is 4.88. The van der Waals surface area contributed by atoms with Crippen LogP contribution in [0.25, 0.3) is 0 Å². The van der Waals surface area contributed by atoms with Crippen molar-refractivity contribution in [2.45, 2.75) is 12.4 Å². The largest absolute Gasteiger partial charge is 0.417 e. The number of rotatable bonds is 3. The van der Waals surface area contributed by atoms with Gasteiger partial charge in [0, 0.05) is 14.1 Å². The lowest BCUT2D eigenvalue weighted by atomic mass is 10.2. The average Bonchev–Trinajstić information content (AvgIpc) is 2.62. The van der Waals surface area contributed by atoms with Crippen molar-refractivity contribution in [3.63, 3.8) is 0 Å². The standard InChI is InChI=1S/C19H12F6NP/c20-18(21,22)13-7-1-3-9-15(13)27(17-11-5-6-12-26-17)16-10-4-2-8-14(16)19(23,24)25/h1-12H. The van der Waals surface area contributed by atoms with Crippen LogP contribution in [0.1, 0.15) is 11.1 Å². The van der Waals surface area contributed by atoms with Gasteiger partial charge in [0.15, 0.2) is 0 Å². The molecule has 0 aliphatic heterocycles. The second-order valence-electron chi connectivity index (χ2n) is 5.55. The summed E-state index contributed by atoms with van der Waals surface area (Å²) in [5, 5.41) is -0.425. The normalized spacial score (nSPS) is 12.4. The van der Waals surface area contributed by atoms with Crippen LogP contribution in [-0.4, -0.2) is 4.98 Å². The van der Waals surface area contributed by atoms with Gasteiger partial charge in [0.2, 0.25) is 0 Å². The van der Waals surface area contributed by atoms with Gasteiger partial charge in [-0.2, -0.15) is 26.3 Å². The zero-order valence-electron chi connectivity index (χ0n) is 13.6. The van der Waals surface area contributed by atoms with E-state index >= 15 is 0 Å². The van der Waals surface area contributed by atoms with E-state index in [4.69, 9.17) is 0 Å². The average molecular weight is 399 g/mol. The maximum atomic E-state index is 13.5. The van der Waals surface area contributed by atoms with E-state index in [2.05, 4.69) is 4.98 Å². The van der Waals surface area contributed by atoms with Crippen LogP contribution in [-0.2, 0) is 12.4 Å². The molecule has 1 aromatic heterocycles. The van der Waals surface area contributed by atoms with E-state index in [9.17, 15) is 26.3 Å². The molecule has 0 unspecified atom stereocenters. The lowest BCUT2D eigenvalue weighted by Crippen LogP contribution is -2.31. The van der Waals surface area contributed by atoms with Crippen molar-refractivity contribution in [2.75, 3.05) is 0 Å². The van der Waals surface area contributed by atoms with Gasteiger partial charge in [-0.3, -0.25) is 4.98 Å². The molecule has 0 bridgehead atoms. The quantitative estimate of drug-likeness (QED) is 0.452. The van der Waals surface area contributed by atoms with E-state index in [1.165, 1.54) is 48.7 Å². The summed E-state index contributed by atoms with van der Waals surface area (Å²) in [4.78, 5) is 4.07. The Morgan fingerprint density at radius 1 is 0.593 bits per heavy atom. The zero-order chi connectivity index (χ0) is 19.7. The topological polar surface area (TPSA) is 12.9 Å². The number of nitrogens with zero attached hydrogens (tertiary/aromatic N) is 1. The Labute approximate surface area is 152 Å². The molecule has 8 heteroatoms. The zero-order valence-corrected chi connectivity index (χ0v) is 14.5. The van der Waals surface area contributed by atoms with Crippen LogP contribution in [0.2, 0.25) is 0 Å².